The summed E-state index contributed by atoms with van der Waals surface area (Å²) in [6, 6.07) is 27.7. The van der Waals surface area contributed by atoms with E-state index in [0.717, 1.165) is 16.7 Å². The average molecular weight is 620 g/mol. The summed E-state index contributed by atoms with van der Waals surface area (Å²) in [7, 11) is 0. The van der Waals surface area contributed by atoms with E-state index < -0.39 is 40.3 Å². The molecule has 0 bridgehead atoms. The Bertz CT molecular complexity index is 1280. The number of azide groups is 1. The maximum absolute atomic E-state index is 9.46. The van der Waals surface area contributed by atoms with Crippen LogP contribution in [0.1, 0.15) is 16.7 Å². The Morgan fingerprint density at radius 1 is 0.805 bits per heavy atom. The number of nitrogens with one attached hydrogen (secondary N) is 1. The number of hydrogen-bond donors (Lipinski definition) is 1. The molecule has 1 saturated heterocycles. The van der Waals surface area contributed by atoms with Gasteiger partial charge < -0.3 is 23.7 Å². The lowest BCUT2D eigenvalue weighted by molar-refractivity contribution is -0.269. The fraction of sp³-hybridized carbons (Fsp3) is 0.345. The van der Waals surface area contributed by atoms with Gasteiger partial charge in [-0.15, -0.1) is 0 Å². The van der Waals surface area contributed by atoms with Gasteiger partial charge in [0.05, 0.1) is 26.4 Å². The largest absolute Gasteiger partial charge is 0.448 e. The smallest absolute Gasteiger partial charge is 0.265 e. The molecule has 4 rings (SSSR count). The molecule has 0 aromatic heterocycles. The van der Waals surface area contributed by atoms with Crippen LogP contribution in [-0.2, 0) is 43.5 Å². The van der Waals surface area contributed by atoms with Crippen molar-refractivity contribution in [1.29, 1.82) is 5.41 Å². The van der Waals surface area contributed by atoms with Crippen LogP contribution in [0.4, 0.5) is 0 Å². The fourth-order valence-corrected chi connectivity index (χ4v) is 4.42. The Hall–Kier alpha value is -2.85. The van der Waals surface area contributed by atoms with Crippen molar-refractivity contribution in [2.24, 2.45) is 5.11 Å². The SMILES string of the molecule is [N-]=[N+]=N[C@H]1C(OC(=N)C(Cl)(Cl)Cl)O[C@H](COCc2ccccc2)[C@H](OCc2ccccc2)[C@@H]1OCc1ccccc1. The molecule has 0 aliphatic carbocycles. The van der Waals surface area contributed by atoms with E-state index in [1.807, 2.05) is 91.0 Å². The summed E-state index contributed by atoms with van der Waals surface area (Å²) < 4.78 is 28.4. The average Bonchev–Trinajstić information content (AvgIpc) is 2.98. The summed E-state index contributed by atoms with van der Waals surface area (Å²) in [5.74, 6) is -0.694. The van der Waals surface area contributed by atoms with Crippen LogP contribution in [0.5, 0.6) is 0 Å². The third kappa shape index (κ3) is 9.33. The minimum atomic E-state index is -2.16. The molecule has 0 spiro atoms. The van der Waals surface area contributed by atoms with E-state index in [0.29, 0.717) is 6.61 Å². The van der Waals surface area contributed by atoms with Crippen LogP contribution in [0, 0.1) is 5.41 Å². The molecule has 1 unspecified atom stereocenters. The summed E-state index contributed by atoms with van der Waals surface area (Å²) in [5, 5.41) is 12.0. The molecule has 5 atom stereocenters. The number of benzene rings is 3. The number of halogens is 3. The third-order valence-electron chi connectivity index (χ3n) is 6.26. The highest BCUT2D eigenvalue weighted by molar-refractivity contribution is 6.76. The number of nitrogens with zero attached hydrogens (tertiary/aromatic N) is 3. The lowest BCUT2D eigenvalue weighted by Gasteiger charge is -2.44. The van der Waals surface area contributed by atoms with Gasteiger partial charge >= 0.3 is 0 Å². The molecule has 0 radical (unpaired) electrons. The van der Waals surface area contributed by atoms with Crippen LogP contribution >= 0.6 is 34.8 Å². The van der Waals surface area contributed by atoms with Crippen LogP contribution < -0.4 is 0 Å². The number of alkyl halides is 3. The molecule has 12 heteroatoms. The molecule has 1 heterocycles. The second-order valence-corrected chi connectivity index (χ2v) is 11.5. The van der Waals surface area contributed by atoms with E-state index in [2.05, 4.69) is 10.0 Å². The Balaban J connectivity index is 1.63. The Morgan fingerprint density at radius 3 is 1.78 bits per heavy atom. The van der Waals surface area contributed by atoms with Crippen LogP contribution in [0.3, 0.4) is 0 Å². The Kier molecular flexibility index (Phi) is 11.7. The minimum absolute atomic E-state index is 0.0729. The molecule has 1 aliphatic rings. The molecule has 3 aromatic carbocycles. The Morgan fingerprint density at radius 2 is 1.29 bits per heavy atom. The van der Waals surface area contributed by atoms with E-state index in [-0.39, 0.29) is 19.8 Å². The fourth-order valence-electron chi connectivity index (χ4n) is 4.28. The van der Waals surface area contributed by atoms with Crippen molar-refractivity contribution in [3.8, 4) is 0 Å². The molecule has 41 heavy (non-hydrogen) atoms. The molecule has 1 N–H and O–H groups in total. The van der Waals surface area contributed by atoms with Crippen molar-refractivity contribution in [3.05, 3.63) is 118 Å². The molecule has 1 fully saturated rings. The monoisotopic (exact) mass is 618 g/mol. The molecular weight excluding hydrogens is 591 g/mol. The van der Waals surface area contributed by atoms with E-state index >= 15 is 0 Å². The van der Waals surface area contributed by atoms with Gasteiger partial charge in [0.1, 0.15) is 24.4 Å². The molecule has 216 valence electrons. The maximum atomic E-state index is 9.46. The standard InChI is InChI=1S/C29H29Cl3N4O5/c30-29(31,32)28(33)41-27-24(35-36-34)26(39-18-22-14-8-3-9-15-22)25(38-17-21-12-6-2-7-13-21)23(40-27)19-37-16-20-10-4-1-5-11-20/h1-15,23-27,33H,16-19H2/t23-,24-,25+,26-,27?/m1/s1. The zero-order chi connectivity index (χ0) is 29.1. The van der Waals surface area contributed by atoms with Gasteiger partial charge in [0, 0.05) is 4.91 Å². The quantitative estimate of drug-likeness (QED) is 0.0577. The van der Waals surface area contributed by atoms with Crippen molar-refractivity contribution in [2.75, 3.05) is 6.61 Å². The molecule has 3 aromatic rings. The van der Waals surface area contributed by atoms with Crippen molar-refractivity contribution < 1.29 is 23.7 Å². The van der Waals surface area contributed by atoms with Gasteiger partial charge in [0.15, 0.2) is 0 Å². The van der Waals surface area contributed by atoms with Crippen molar-refractivity contribution in [2.45, 2.75) is 54.3 Å². The first-order valence-electron chi connectivity index (χ1n) is 12.8. The van der Waals surface area contributed by atoms with E-state index in [1.54, 1.807) is 0 Å². The third-order valence-corrected chi connectivity index (χ3v) is 6.77. The van der Waals surface area contributed by atoms with Gasteiger partial charge in [-0.3, -0.25) is 5.41 Å². The minimum Gasteiger partial charge on any atom is -0.448 e. The summed E-state index contributed by atoms with van der Waals surface area (Å²) in [6.45, 7) is 0.800. The van der Waals surface area contributed by atoms with Gasteiger partial charge in [0.2, 0.25) is 12.2 Å². The number of ether oxygens (including phenoxy) is 5. The van der Waals surface area contributed by atoms with Crippen molar-refractivity contribution >= 4 is 40.7 Å². The Labute approximate surface area is 253 Å². The highest BCUT2D eigenvalue weighted by Crippen LogP contribution is 2.34. The number of rotatable bonds is 12. The van der Waals surface area contributed by atoms with E-state index in [4.69, 9.17) is 63.9 Å². The molecule has 0 saturated carbocycles. The summed E-state index contributed by atoms with van der Waals surface area (Å²) in [5.41, 5.74) is 12.2. The summed E-state index contributed by atoms with van der Waals surface area (Å²) >= 11 is 17.6. The molecular formula is C29H29Cl3N4O5. The zero-order valence-corrected chi connectivity index (χ0v) is 24.2. The second kappa shape index (κ2) is 15.4. The first kappa shape index (κ1) is 31.1. The van der Waals surface area contributed by atoms with Crippen LogP contribution in [0.15, 0.2) is 96.1 Å². The van der Waals surface area contributed by atoms with Crippen LogP contribution in [-0.4, -0.2) is 46.9 Å². The van der Waals surface area contributed by atoms with Gasteiger partial charge in [-0.05, 0) is 22.2 Å². The van der Waals surface area contributed by atoms with Crippen molar-refractivity contribution in [1.82, 2.24) is 0 Å². The van der Waals surface area contributed by atoms with Crippen molar-refractivity contribution in [3.63, 3.8) is 0 Å². The van der Waals surface area contributed by atoms with Gasteiger partial charge in [0.25, 0.3) is 3.79 Å². The normalized spacial score (nSPS) is 22.5. The van der Waals surface area contributed by atoms with Gasteiger partial charge in [-0.25, -0.2) is 0 Å². The number of hydrogen-bond acceptors (Lipinski definition) is 7. The van der Waals surface area contributed by atoms with E-state index in [1.165, 1.54) is 0 Å². The first-order chi connectivity index (χ1) is 19.8. The van der Waals surface area contributed by atoms with Gasteiger partial charge in [-0.2, -0.15) is 0 Å². The summed E-state index contributed by atoms with van der Waals surface area (Å²) in [6.07, 6.45) is -3.72. The lowest BCUT2D eigenvalue weighted by atomic mass is 9.96. The predicted molar refractivity (Wildman–Crippen MR) is 157 cm³/mol. The topological polar surface area (TPSA) is 119 Å². The van der Waals surface area contributed by atoms with Crippen LogP contribution in [0.25, 0.3) is 10.4 Å². The van der Waals surface area contributed by atoms with Gasteiger partial charge in [-0.1, -0.05) is 131 Å². The highest BCUT2D eigenvalue weighted by atomic mass is 35.6. The predicted octanol–water partition coefficient (Wildman–Crippen LogP) is 7.14. The first-order valence-corrected chi connectivity index (χ1v) is 13.9. The van der Waals surface area contributed by atoms with E-state index in [9.17, 15) is 5.53 Å². The lowest BCUT2D eigenvalue weighted by Crippen LogP contribution is -2.61. The maximum Gasteiger partial charge on any atom is 0.265 e. The summed E-state index contributed by atoms with van der Waals surface area (Å²) in [4.78, 5) is 2.99. The molecule has 9 nitrogen and oxygen atoms in total. The second-order valence-electron chi connectivity index (χ2n) is 9.21. The van der Waals surface area contributed by atoms with Crippen LogP contribution in [0.2, 0.25) is 0 Å². The highest BCUT2D eigenvalue weighted by Gasteiger charge is 2.50. The molecule has 0 amide bonds. The zero-order valence-electron chi connectivity index (χ0n) is 21.9. The molecule has 1 aliphatic heterocycles.